The Kier molecular flexibility index (Phi) is 5.88. The van der Waals surface area contributed by atoms with Gasteiger partial charge < -0.3 is 15.5 Å². The van der Waals surface area contributed by atoms with E-state index in [9.17, 15) is 14.4 Å². The number of carbonyl (C=O) groups is 3. The normalized spacial score (nSPS) is 19.5. The van der Waals surface area contributed by atoms with Crippen molar-refractivity contribution in [3.05, 3.63) is 29.3 Å². The first-order chi connectivity index (χ1) is 12.6. The van der Waals surface area contributed by atoms with Gasteiger partial charge in [-0.25, -0.2) is 0 Å². The minimum Gasteiger partial charge on any atom is -0.385 e. The first-order valence-electron chi connectivity index (χ1n) is 9.27. The van der Waals surface area contributed by atoms with E-state index in [1.807, 2.05) is 25.2 Å². The molecule has 0 bridgehead atoms. The lowest BCUT2D eigenvalue weighted by Gasteiger charge is -2.29. The average Bonchev–Trinajstić information content (AvgIpc) is 2.96. The second-order valence-corrected chi connectivity index (χ2v) is 6.82. The summed E-state index contributed by atoms with van der Waals surface area (Å²) in [6.45, 7) is 2.28. The number of anilines is 1. The highest BCUT2D eigenvalue weighted by Gasteiger charge is 2.39. The molecule has 0 aliphatic carbocycles. The molecular weight excluding hydrogens is 332 g/mol. The molecule has 3 rings (SSSR count). The van der Waals surface area contributed by atoms with E-state index in [2.05, 4.69) is 16.0 Å². The molecule has 3 amide bonds. The van der Waals surface area contributed by atoms with E-state index >= 15 is 0 Å². The Hall–Kier alpha value is -2.41. The summed E-state index contributed by atoms with van der Waals surface area (Å²) in [6, 6.07) is 5.09. The zero-order valence-electron chi connectivity index (χ0n) is 15.1. The van der Waals surface area contributed by atoms with Crippen LogP contribution in [0.15, 0.2) is 18.2 Å². The third-order valence-electron chi connectivity index (χ3n) is 5.00. The number of imide groups is 1. The van der Waals surface area contributed by atoms with Crippen molar-refractivity contribution < 1.29 is 14.4 Å². The van der Waals surface area contributed by atoms with Crippen molar-refractivity contribution in [1.29, 1.82) is 0 Å². The molecule has 7 nitrogen and oxygen atoms in total. The van der Waals surface area contributed by atoms with E-state index < -0.39 is 6.04 Å². The monoisotopic (exact) mass is 358 g/mol. The van der Waals surface area contributed by atoms with Crippen LogP contribution in [0.3, 0.4) is 0 Å². The van der Waals surface area contributed by atoms with E-state index in [0.29, 0.717) is 18.5 Å². The number of hydrogen-bond acceptors (Lipinski definition) is 5. The first-order valence-corrected chi connectivity index (χ1v) is 9.27. The molecule has 1 atom stereocenters. The Balaban J connectivity index is 1.64. The quantitative estimate of drug-likeness (QED) is 0.481. The van der Waals surface area contributed by atoms with Gasteiger partial charge in [-0.2, -0.15) is 0 Å². The van der Waals surface area contributed by atoms with Crippen LogP contribution < -0.4 is 16.0 Å². The molecule has 2 heterocycles. The third-order valence-corrected chi connectivity index (χ3v) is 5.00. The molecule has 3 N–H and O–H groups in total. The van der Waals surface area contributed by atoms with Gasteiger partial charge in [0.15, 0.2) is 0 Å². The number of hydrogen-bond donors (Lipinski definition) is 3. The minimum absolute atomic E-state index is 0.132. The topological polar surface area (TPSA) is 90.5 Å². The molecule has 2 aliphatic heterocycles. The van der Waals surface area contributed by atoms with Gasteiger partial charge in [0.2, 0.25) is 11.8 Å². The van der Waals surface area contributed by atoms with Gasteiger partial charge in [-0.1, -0.05) is 12.5 Å². The van der Waals surface area contributed by atoms with Crippen molar-refractivity contribution >= 4 is 23.4 Å². The lowest BCUT2D eigenvalue weighted by atomic mass is 10.0. The van der Waals surface area contributed by atoms with Crippen LogP contribution in [0.5, 0.6) is 0 Å². The molecule has 0 aromatic heterocycles. The summed E-state index contributed by atoms with van der Waals surface area (Å²) < 4.78 is 0. The number of rotatable bonds is 8. The Morgan fingerprint density at radius 3 is 2.73 bits per heavy atom. The van der Waals surface area contributed by atoms with Gasteiger partial charge in [-0.05, 0) is 45.0 Å². The van der Waals surface area contributed by atoms with Crippen LogP contribution in [0.4, 0.5) is 5.69 Å². The SMILES string of the molecule is CNCCCCCNc1cccc2c1CN(C1CCC(=O)NC1=O)C2=O. The molecule has 0 radical (unpaired) electrons. The highest BCUT2D eigenvalue weighted by atomic mass is 16.2. The van der Waals surface area contributed by atoms with Crippen molar-refractivity contribution in [2.75, 3.05) is 25.5 Å². The van der Waals surface area contributed by atoms with Crippen LogP contribution in [-0.4, -0.2) is 48.8 Å². The lowest BCUT2D eigenvalue weighted by molar-refractivity contribution is -0.136. The number of nitrogens with one attached hydrogen (secondary N) is 3. The number of piperidine rings is 1. The molecule has 0 spiro atoms. The zero-order chi connectivity index (χ0) is 18.5. The predicted octanol–water partition coefficient (Wildman–Crippen LogP) is 1.25. The highest BCUT2D eigenvalue weighted by molar-refractivity contribution is 6.06. The standard InChI is InChI=1S/C19H26N4O3/c1-20-10-3-2-4-11-21-15-7-5-6-13-14(15)12-23(19(13)26)16-8-9-17(24)22-18(16)25/h5-7,16,20-21H,2-4,8-12H2,1H3,(H,22,24,25). The molecule has 0 saturated carbocycles. The first kappa shape index (κ1) is 18.4. The number of unbranched alkanes of at least 4 members (excludes halogenated alkanes) is 2. The van der Waals surface area contributed by atoms with Gasteiger partial charge in [0, 0.05) is 36.3 Å². The largest absolute Gasteiger partial charge is 0.385 e. The van der Waals surface area contributed by atoms with Crippen molar-refractivity contribution in [2.45, 2.75) is 44.7 Å². The van der Waals surface area contributed by atoms with Gasteiger partial charge in [0.1, 0.15) is 6.04 Å². The number of amides is 3. The molecule has 26 heavy (non-hydrogen) atoms. The van der Waals surface area contributed by atoms with Crippen LogP contribution in [0.2, 0.25) is 0 Å². The average molecular weight is 358 g/mol. The zero-order valence-corrected chi connectivity index (χ0v) is 15.1. The van der Waals surface area contributed by atoms with Crippen LogP contribution in [0, 0.1) is 0 Å². The summed E-state index contributed by atoms with van der Waals surface area (Å²) in [7, 11) is 1.96. The Labute approximate surface area is 153 Å². The molecule has 140 valence electrons. The summed E-state index contributed by atoms with van der Waals surface area (Å²) >= 11 is 0. The van der Waals surface area contributed by atoms with E-state index in [0.717, 1.165) is 43.6 Å². The second-order valence-electron chi connectivity index (χ2n) is 6.82. The number of fused-ring (bicyclic) bond motifs is 1. The predicted molar refractivity (Wildman–Crippen MR) is 98.8 cm³/mol. The fourth-order valence-electron chi connectivity index (χ4n) is 3.58. The molecule has 1 unspecified atom stereocenters. The Morgan fingerprint density at radius 1 is 1.15 bits per heavy atom. The number of nitrogens with zero attached hydrogens (tertiary/aromatic N) is 1. The summed E-state index contributed by atoms with van der Waals surface area (Å²) in [5.41, 5.74) is 2.55. The molecular formula is C19H26N4O3. The minimum atomic E-state index is -0.568. The van der Waals surface area contributed by atoms with Crippen LogP contribution in [0.25, 0.3) is 0 Å². The molecule has 7 heteroatoms. The lowest BCUT2D eigenvalue weighted by Crippen LogP contribution is -2.52. The maximum absolute atomic E-state index is 12.7. The summed E-state index contributed by atoms with van der Waals surface area (Å²) in [6.07, 6.45) is 4.01. The van der Waals surface area contributed by atoms with E-state index in [-0.39, 0.29) is 24.1 Å². The molecule has 1 fully saturated rings. The molecule has 1 aromatic rings. The summed E-state index contributed by atoms with van der Waals surface area (Å²) in [5.74, 6) is -0.773. The smallest absolute Gasteiger partial charge is 0.255 e. The summed E-state index contributed by atoms with van der Waals surface area (Å²) in [4.78, 5) is 37.8. The Bertz CT molecular complexity index is 704. The van der Waals surface area contributed by atoms with Gasteiger partial charge in [0.05, 0.1) is 0 Å². The van der Waals surface area contributed by atoms with Gasteiger partial charge in [-0.15, -0.1) is 0 Å². The van der Waals surface area contributed by atoms with Crippen LogP contribution in [0.1, 0.15) is 48.0 Å². The van der Waals surface area contributed by atoms with E-state index in [4.69, 9.17) is 0 Å². The van der Waals surface area contributed by atoms with Crippen LogP contribution in [-0.2, 0) is 16.1 Å². The van der Waals surface area contributed by atoms with Gasteiger partial charge in [0.25, 0.3) is 5.91 Å². The van der Waals surface area contributed by atoms with Crippen LogP contribution >= 0.6 is 0 Å². The third kappa shape index (κ3) is 3.88. The van der Waals surface area contributed by atoms with E-state index in [1.54, 1.807) is 4.90 Å². The molecule has 2 aliphatic rings. The maximum Gasteiger partial charge on any atom is 0.255 e. The second kappa shape index (κ2) is 8.31. The Morgan fingerprint density at radius 2 is 1.96 bits per heavy atom. The van der Waals surface area contributed by atoms with Crippen molar-refractivity contribution in [3.8, 4) is 0 Å². The molecule has 1 saturated heterocycles. The number of benzene rings is 1. The van der Waals surface area contributed by atoms with Gasteiger partial charge in [-0.3, -0.25) is 19.7 Å². The van der Waals surface area contributed by atoms with Crippen molar-refractivity contribution in [3.63, 3.8) is 0 Å². The van der Waals surface area contributed by atoms with E-state index in [1.165, 1.54) is 0 Å². The van der Waals surface area contributed by atoms with Crippen molar-refractivity contribution in [1.82, 2.24) is 15.5 Å². The summed E-state index contributed by atoms with van der Waals surface area (Å²) in [5, 5.41) is 8.90. The highest BCUT2D eigenvalue weighted by Crippen LogP contribution is 2.32. The molecule has 1 aromatic carbocycles. The van der Waals surface area contributed by atoms with Gasteiger partial charge >= 0.3 is 0 Å². The maximum atomic E-state index is 12.7. The fraction of sp³-hybridized carbons (Fsp3) is 0.526. The fourth-order valence-corrected chi connectivity index (χ4v) is 3.58. The number of carbonyl (C=O) groups excluding carboxylic acids is 3. The van der Waals surface area contributed by atoms with Crippen molar-refractivity contribution in [2.24, 2.45) is 0 Å².